The van der Waals surface area contributed by atoms with Gasteiger partial charge in [-0.05, 0) is 12.1 Å². The summed E-state index contributed by atoms with van der Waals surface area (Å²) >= 11 is 3.37. The molecule has 1 aromatic carbocycles. The van der Waals surface area contributed by atoms with Crippen LogP contribution in [0, 0.1) is 0 Å². The molecule has 0 atom stereocenters. The fourth-order valence-corrected chi connectivity index (χ4v) is 1.61. The lowest BCUT2D eigenvalue weighted by Gasteiger charge is -2.12. The molecular formula is C10H6N2O4S. The summed E-state index contributed by atoms with van der Waals surface area (Å²) in [5.41, 5.74) is 0.230. The lowest BCUT2D eigenvalue weighted by molar-refractivity contribution is -0.137. The number of thiol groups is 1. The van der Waals surface area contributed by atoms with Crippen LogP contribution in [0.1, 0.15) is 0 Å². The molecule has 0 saturated carbocycles. The fourth-order valence-electron chi connectivity index (χ4n) is 1.44. The Balaban J connectivity index is 2.45. The van der Waals surface area contributed by atoms with Gasteiger partial charge in [0, 0.05) is 0 Å². The summed E-state index contributed by atoms with van der Waals surface area (Å²) in [6.45, 7) is 0. The Morgan fingerprint density at radius 3 is 2.06 bits per heavy atom. The van der Waals surface area contributed by atoms with Gasteiger partial charge in [-0.3, -0.25) is 14.4 Å². The molecule has 0 bridgehead atoms. The number of hydrogen-bond acceptors (Lipinski definition) is 4. The third-order valence-corrected chi connectivity index (χ3v) is 2.38. The number of para-hydroxylation sites is 1. The second-order valence-electron chi connectivity index (χ2n) is 3.18. The smallest absolute Gasteiger partial charge is 0.262 e. The monoisotopic (exact) mass is 250 g/mol. The third kappa shape index (κ3) is 1.70. The first-order valence-electron chi connectivity index (χ1n) is 4.54. The summed E-state index contributed by atoms with van der Waals surface area (Å²) in [6, 6.07) is 6.85. The number of hydrogen-bond donors (Lipinski definition) is 1. The van der Waals surface area contributed by atoms with Gasteiger partial charge < -0.3 is 0 Å². The van der Waals surface area contributed by atoms with Crippen molar-refractivity contribution in [3.05, 3.63) is 30.3 Å². The molecule has 1 saturated heterocycles. The maximum Gasteiger partial charge on any atom is 0.346 e. The SMILES string of the molecule is O=C(S)N1C(=O)C(=O)N(c2ccccc2)C1=O. The molecule has 6 nitrogen and oxygen atoms in total. The van der Waals surface area contributed by atoms with E-state index in [0.717, 1.165) is 0 Å². The first-order valence-corrected chi connectivity index (χ1v) is 4.99. The molecule has 1 aromatic rings. The molecule has 0 unspecified atom stereocenters. The highest BCUT2D eigenvalue weighted by molar-refractivity contribution is 7.96. The van der Waals surface area contributed by atoms with E-state index in [1.165, 1.54) is 12.1 Å². The minimum absolute atomic E-state index is 0.193. The van der Waals surface area contributed by atoms with Crippen LogP contribution in [0.5, 0.6) is 0 Å². The third-order valence-electron chi connectivity index (χ3n) is 2.18. The number of rotatable bonds is 1. The molecule has 0 aromatic heterocycles. The van der Waals surface area contributed by atoms with Crippen LogP contribution in [0.15, 0.2) is 30.3 Å². The molecule has 0 radical (unpaired) electrons. The largest absolute Gasteiger partial charge is 0.346 e. The molecule has 0 aliphatic carbocycles. The van der Waals surface area contributed by atoms with Gasteiger partial charge in [-0.1, -0.05) is 30.8 Å². The fraction of sp³-hybridized carbons (Fsp3) is 0. The Kier molecular flexibility index (Phi) is 2.68. The quantitative estimate of drug-likeness (QED) is 0.459. The van der Waals surface area contributed by atoms with Crippen LogP contribution in [0.2, 0.25) is 0 Å². The van der Waals surface area contributed by atoms with Crippen molar-refractivity contribution in [3.8, 4) is 0 Å². The van der Waals surface area contributed by atoms with Gasteiger partial charge in [0.1, 0.15) is 0 Å². The van der Waals surface area contributed by atoms with Crippen molar-refractivity contribution in [1.29, 1.82) is 0 Å². The average Bonchev–Trinajstić information content (AvgIpc) is 2.51. The van der Waals surface area contributed by atoms with Gasteiger partial charge >= 0.3 is 17.8 Å². The highest BCUT2D eigenvalue weighted by Crippen LogP contribution is 2.22. The van der Waals surface area contributed by atoms with E-state index in [9.17, 15) is 19.2 Å². The van der Waals surface area contributed by atoms with Crippen LogP contribution in [0.4, 0.5) is 15.3 Å². The topological polar surface area (TPSA) is 74.8 Å². The molecule has 2 rings (SSSR count). The molecule has 1 heterocycles. The Bertz CT molecular complexity index is 528. The van der Waals surface area contributed by atoms with E-state index in [2.05, 4.69) is 12.6 Å². The van der Waals surface area contributed by atoms with Gasteiger partial charge in [-0.25, -0.2) is 9.69 Å². The van der Waals surface area contributed by atoms with Crippen molar-refractivity contribution in [3.63, 3.8) is 0 Å². The number of nitrogens with zero attached hydrogens (tertiary/aromatic N) is 2. The van der Waals surface area contributed by atoms with Gasteiger partial charge in [0.05, 0.1) is 5.69 Å². The molecule has 1 aliphatic rings. The van der Waals surface area contributed by atoms with E-state index in [1.54, 1.807) is 18.2 Å². The zero-order chi connectivity index (χ0) is 12.6. The van der Waals surface area contributed by atoms with Crippen molar-refractivity contribution in [1.82, 2.24) is 4.90 Å². The van der Waals surface area contributed by atoms with Crippen LogP contribution in [0.25, 0.3) is 0 Å². The maximum atomic E-state index is 11.7. The summed E-state index contributed by atoms with van der Waals surface area (Å²) in [4.78, 5) is 46.4. The highest BCUT2D eigenvalue weighted by atomic mass is 32.1. The van der Waals surface area contributed by atoms with Crippen LogP contribution in [0.3, 0.4) is 0 Å². The van der Waals surface area contributed by atoms with Crippen molar-refractivity contribution < 1.29 is 19.2 Å². The number of anilines is 1. The molecule has 7 heteroatoms. The van der Waals surface area contributed by atoms with Crippen LogP contribution in [-0.2, 0) is 9.59 Å². The average molecular weight is 250 g/mol. The van der Waals surface area contributed by atoms with Gasteiger partial charge in [-0.15, -0.1) is 0 Å². The predicted octanol–water partition coefficient (Wildman–Crippen LogP) is 1.03. The predicted molar refractivity (Wildman–Crippen MR) is 60.6 cm³/mol. The van der Waals surface area contributed by atoms with E-state index in [-0.39, 0.29) is 10.6 Å². The van der Waals surface area contributed by atoms with E-state index < -0.39 is 23.1 Å². The number of imide groups is 4. The summed E-state index contributed by atoms with van der Waals surface area (Å²) in [5.74, 6) is -2.26. The number of carbonyl (C=O) groups excluding carboxylic acids is 4. The zero-order valence-corrected chi connectivity index (χ0v) is 9.26. The first kappa shape index (κ1) is 11.3. The van der Waals surface area contributed by atoms with Gasteiger partial charge in [0.2, 0.25) is 0 Å². The summed E-state index contributed by atoms with van der Waals surface area (Å²) in [6.07, 6.45) is 0. The Hall–Kier alpha value is -2.15. The maximum absolute atomic E-state index is 11.7. The van der Waals surface area contributed by atoms with Crippen molar-refractivity contribution in [2.75, 3.05) is 4.90 Å². The number of benzene rings is 1. The highest BCUT2D eigenvalue weighted by Gasteiger charge is 2.47. The van der Waals surface area contributed by atoms with Gasteiger partial charge in [-0.2, -0.15) is 4.90 Å². The summed E-state index contributed by atoms with van der Waals surface area (Å²) in [7, 11) is 0. The zero-order valence-electron chi connectivity index (χ0n) is 8.36. The van der Waals surface area contributed by atoms with E-state index >= 15 is 0 Å². The standard InChI is InChI=1S/C10H6N2O4S/c13-7-8(14)12(10(16)17)9(15)11(7)6-4-2-1-3-5-6/h1-5H,(H,16,17). The summed E-state index contributed by atoms with van der Waals surface area (Å²) in [5, 5.41) is -1.08. The van der Waals surface area contributed by atoms with E-state index in [1.807, 2.05) is 0 Å². The number of urea groups is 1. The van der Waals surface area contributed by atoms with E-state index in [0.29, 0.717) is 4.90 Å². The second kappa shape index (κ2) is 4.02. The number of amides is 5. The first-order chi connectivity index (χ1) is 8.04. The minimum atomic E-state index is -1.20. The van der Waals surface area contributed by atoms with Crippen LogP contribution in [-0.4, -0.2) is 28.0 Å². The minimum Gasteiger partial charge on any atom is -0.262 e. The lowest BCUT2D eigenvalue weighted by atomic mass is 10.3. The molecule has 0 spiro atoms. The van der Waals surface area contributed by atoms with Crippen molar-refractivity contribution in [2.24, 2.45) is 0 Å². The number of carbonyl (C=O) groups is 4. The van der Waals surface area contributed by atoms with Crippen LogP contribution >= 0.6 is 12.6 Å². The Morgan fingerprint density at radius 2 is 1.59 bits per heavy atom. The summed E-state index contributed by atoms with van der Waals surface area (Å²) < 4.78 is 0. The van der Waals surface area contributed by atoms with Crippen LogP contribution < -0.4 is 4.90 Å². The van der Waals surface area contributed by atoms with Crippen molar-refractivity contribution >= 4 is 41.4 Å². The molecule has 0 N–H and O–H groups in total. The molecular weight excluding hydrogens is 244 g/mol. The molecule has 5 amide bonds. The van der Waals surface area contributed by atoms with Gasteiger partial charge in [0.25, 0.3) is 5.24 Å². The molecule has 1 fully saturated rings. The second-order valence-corrected chi connectivity index (χ2v) is 3.56. The Labute approximate surface area is 101 Å². The Morgan fingerprint density at radius 1 is 1.00 bits per heavy atom. The normalized spacial score (nSPS) is 15.7. The molecule has 86 valence electrons. The van der Waals surface area contributed by atoms with E-state index in [4.69, 9.17) is 0 Å². The van der Waals surface area contributed by atoms with Gasteiger partial charge in [0.15, 0.2) is 0 Å². The van der Waals surface area contributed by atoms with Crippen molar-refractivity contribution in [2.45, 2.75) is 0 Å². The lowest BCUT2D eigenvalue weighted by Crippen LogP contribution is -2.34. The molecule has 1 aliphatic heterocycles. The molecule has 17 heavy (non-hydrogen) atoms.